The summed E-state index contributed by atoms with van der Waals surface area (Å²) in [6.45, 7) is -0.402. The van der Waals surface area contributed by atoms with Gasteiger partial charge in [-0.1, -0.05) is 29.3 Å². The number of rotatable bonds is 5. The fourth-order valence-electron chi connectivity index (χ4n) is 1.84. The largest absolute Gasteiger partial charge is 0.324 e. The summed E-state index contributed by atoms with van der Waals surface area (Å²) in [5.74, 6) is -0.576. The zero-order chi connectivity index (χ0) is 18.8. The summed E-state index contributed by atoms with van der Waals surface area (Å²) in [6.07, 6.45) is 1.16. The predicted octanol–water partition coefficient (Wildman–Crippen LogP) is 1.44. The van der Waals surface area contributed by atoms with Gasteiger partial charge in [0.1, 0.15) is 11.6 Å². The van der Waals surface area contributed by atoms with Gasteiger partial charge in [-0.15, -0.1) is 0 Å². The molecule has 0 atom stereocenters. The van der Waals surface area contributed by atoms with Crippen LogP contribution >= 0.6 is 23.2 Å². The summed E-state index contributed by atoms with van der Waals surface area (Å²) in [5, 5.41) is 5.99. The molecule has 0 saturated carbocycles. The summed E-state index contributed by atoms with van der Waals surface area (Å²) in [7, 11) is -0.817. The Balaban J connectivity index is 2.20. The van der Waals surface area contributed by atoms with E-state index in [0.29, 0.717) is 0 Å². The monoisotopic (exact) mass is 404 g/mol. The summed E-state index contributed by atoms with van der Waals surface area (Å²) >= 11 is 11.4. The highest BCUT2D eigenvalue weighted by molar-refractivity contribution is 7.89. The third-order valence-electron chi connectivity index (χ3n) is 3.13. The molecule has 1 N–H and O–H groups in total. The second-order valence-electron chi connectivity index (χ2n) is 5.13. The Morgan fingerprint density at radius 3 is 2.64 bits per heavy atom. The molecule has 0 fully saturated rings. The van der Waals surface area contributed by atoms with Crippen molar-refractivity contribution in [3.63, 3.8) is 0 Å². The number of carbonyl (C=O) groups is 1. The Labute approximate surface area is 154 Å². The molecule has 1 heterocycles. The number of nitrogens with zero attached hydrogens (tertiary/aromatic N) is 3. The van der Waals surface area contributed by atoms with Gasteiger partial charge in [0.15, 0.2) is 0 Å². The molecule has 1 amide bonds. The van der Waals surface area contributed by atoms with Crippen LogP contribution < -0.4 is 10.9 Å². The van der Waals surface area contributed by atoms with Crippen LogP contribution in [-0.2, 0) is 21.4 Å². The number of nitrogens with one attached hydrogen (secondary N) is 1. The smallest absolute Gasteiger partial charge is 0.287 e. The van der Waals surface area contributed by atoms with Gasteiger partial charge in [0.2, 0.25) is 15.9 Å². The first-order valence-electron chi connectivity index (χ1n) is 6.86. The van der Waals surface area contributed by atoms with Crippen LogP contribution in [0, 0.1) is 0 Å². The molecule has 1 aromatic carbocycles. The molecule has 25 heavy (non-hydrogen) atoms. The Bertz CT molecular complexity index is 973. The average Bonchev–Trinajstić information content (AvgIpc) is 2.55. The van der Waals surface area contributed by atoms with Crippen LogP contribution in [0.4, 0.5) is 5.69 Å². The van der Waals surface area contributed by atoms with Crippen LogP contribution in [0.5, 0.6) is 0 Å². The number of aromatic nitrogens is 2. The second-order valence-corrected chi connectivity index (χ2v) is 8.07. The van der Waals surface area contributed by atoms with Gasteiger partial charge in [0.05, 0.1) is 16.1 Å². The van der Waals surface area contributed by atoms with Crippen molar-refractivity contribution in [1.29, 1.82) is 0 Å². The van der Waals surface area contributed by atoms with Gasteiger partial charge in [-0.05, 0) is 18.2 Å². The van der Waals surface area contributed by atoms with Crippen LogP contribution in [-0.4, -0.2) is 42.5 Å². The molecule has 0 aliphatic rings. The van der Waals surface area contributed by atoms with E-state index < -0.39 is 28.0 Å². The Morgan fingerprint density at radius 1 is 1.32 bits per heavy atom. The number of halogens is 2. The highest BCUT2D eigenvalue weighted by Crippen LogP contribution is 2.18. The molecule has 134 valence electrons. The quantitative estimate of drug-likeness (QED) is 0.811. The van der Waals surface area contributed by atoms with Crippen LogP contribution in [0.1, 0.15) is 0 Å². The zero-order valence-electron chi connectivity index (χ0n) is 13.2. The molecule has 2 rings (SSSR count). The van der Waals surface area contributed by atoms with Crippen LogP contribution in [0.25, 0.3) is 0 Å². The number of benzene rings is 1. The van der Waals surface area contributed by atoms with Crippen molar-refractivity contribution in [2.45, 2.75) is 11.4 Å². The number of anilines is 1. The normalized spacial score (nSPS) is 11.6. The topological polar surface area (TPSA) is 101 Å². The van der Waals surface area contributed by atoms with E-state index >= 15 is 0 Å². The van der Waals surface area contributed by atoms with Gasteiger partial charge in [0, 0.05) is 19.8 Å². The molecule has 0 radical (unpaired) electrons. The van der Waals surface area contributed by atoms with Crippen LogP contribution in [0.2, 0.25) is 10.0 Å². The maximum Gasteiger partial charge on any atom is 0.287 e. The van der Waals surface area contributed by atoms with E-state index in [1.54, 1.807) is 0 Å². The zero-order valence-corrected chi connectivity index (χ0v) is 15.6. The SMILES string of the molecule is CN(C)S(=O)(=O)c1cccc(NC(=O)Cn2ncc(Cl)c(Cl)c2=O)c1. The molecular formula is C14H14Cl2N4O4S. The standard InChI is InChI=1S/C14H14Cl2N4O4S/c1-19(2)25(23,24)10-5-3-4-9(6-10)18-12(21)8-20-14(22)13(16)11(15)7-17-20/h3-7H,8H2,1-2H3,(H,18,21). The van der Waals surface area contributed by atoms with Crippen LogP contribution in [0.3, 0.4) is 0 Å². The number of carbonyl (C=O) groups excluding carboxylic acids is 1. The summed E-state index contributed by atoms with van der Waals surface area (Å²) < 4.78 is 26.1. The lowest BCUT2D eigenvalue weighted by molar-refractivity contribution is -0.117. The molecule has 2 aromatic rings. The minimum Gasteiger partial charge on any atom is -0.324 e. The molecule has 8 nitrogen and oxygen atoms in total. The maximum absolute atomic E-state index is 12.1. The third-order valence-corrected chi connectivity index (χ3v) is 5.69. The molecule has 0 aliphatic heterocycles. The summed E-state index contributed by atoms with van der Waals surface area (Å²) in [4.78, 5) is 24.0. The number of hydrogen-bond acceptors (Lipinski definition) is 5. The fraction of sp³-hybridized carbons (Fsp3) is 0.214. The van der Waals surface area contributed by atoms with Crippen molar-refractivity contribution in [1.82, 2.24) is 14.1 Å². The number of amides is 1. The number of sulfonamides is 1. The van der Waals surface area contributed by atoms with E-state index in [1.807, 2.05) is 0 Å². The minimum absolute atomic E-state index is 0.00934. The van der Waals surface area contributed by atoms with E-state index in [-0.39, 0.29) is 20.6 Å². The highest BCUT2D eigenvalue weighted by atomic mass is 35.5. The lowest BCUT2D eigenvalue weighted by Crippen LogP contribution is -2.30. The van der Waals surface area contributed by atoms with Crippen molar-refractivity contribution in [2.24, 2.45) is 0 Å². The van der Waals surface area contributed by atoms with Gasteiger partial charge in [0.25, 0.3) is 5.56 Å². The third kappa shape index (κ3) is 4.37. The summed E-state index contributed by atoms with van der Waals surface area (Å²) in [6, 6.07) is 5.75. The van der Waals surface area contributed by atoms with Crippen molar-refractivity contribution in [2.75, 3.05) is 19.4 Å². The first-order chi connectivity index (χ1) is 11.6. The van der Waals surface area contributed by atoms with E-state index in [1.165, 1.54) is 38.4 Å². The summed E-state index contributed by atoms with van der Waals surface area (Å²) in [5.41, 5.74) is -0.436. The molecular weight excluding hydrogens is 391 g/mol. The Hall–Kier alpha value is -1.94. The van der Waals surface area contributed by atoms with Crippen molar-refractivity contribution < 1.29 is 13.2 Å². The Kier molecular flexibility index (Phi) is 5.83. The fourth-order valence-corrected chi connectivity index (χ4v) is 3.06. The maximum atomic E-state index is 12.1. The van der Waals surface area contributed by atoms with Crippen LogP contribution in [0.15, 0.2) is 40.2 Å². The molecule has 0 saturated heterocycles. The molecule has 11 heteroatoms. The van der Waals surface area contributed by atoms with Crippen molar-refractivity contribution in [3.05, 3.63) is 50.9 Å². The molecule has 0 aliphatic carbocycles. The van der Waals surface area contributed by atoms with E-state index in [0.717, 1.165) is 15.2 Å². The first-order valence-corrected chi connectivity index (χ1v) is 9.06. The minimum atomic E-state index is -3.63. The Morgan fingerprint density at radius 2 is 2.00 bits per heavy atom. The van der Waals surface area contributed by atoms with Gasteiger partial charge in [-0.25, -0.2) is 17.4 Å². The van der Waals surface area contributed by atoms with E-state index in [2.05, 4.69) is 10.4 Å². The highest BCUT2D eigenvalue weighted by Gasteiger charge is 2.18. The molecule has 1 aromatic heterocycles. The first kappa shape index (κ1) is 19.4. The van der Waals surface area contributed by atoms with Gasteiger partial charge in [-0.2, -0.15) is 5.10 Å². The van der Waals surface area contributed by atoms with Crippen molar-refractivity contribution in [3.8, 4) is 0 Å². The van der Waals surface area contributed by atoms with Crippen molar-refractivity contribution >= 4 is 44.8 Å². The lowest BCUT2D eigenvalue weighted by atomic mass is 10.3. The van der Waals surface area contributed by atoms with E-state index in [9.17, 15) is 18.0 Å². The molecule has 0 bridgehead atoms. The number of hydrogen-bond donors (Lipinski definition) is 1. The van der Waals surface area contributed by atoms with E-state index in [4.69, 9.17) is 23.2 Å². The second kappa shape index (κ2) is 7.52. The predicted molar refractivity (Wildman–Crippen MR) is 94.5 cm³/mol. The molecule has 0 spiro atoms. The van der Waals surface area contributed by atoms with Gasteiger partial charge < -0.3 is 5.32 Å². The molecule has 0 unspecified atom stereocenters. The lowest BCUT2D eigenvalue weighted by Gasteiger charge is -2.13. The van der Waals surface area contributed by atoms with Gasteiger partial charge >= 0.3 is 0 Å². The average molecular weight is 405 g/mol. The van der Waals surface area contributed by atoms with Gasteiger partial charge in [-0.3, -0.25) is 9.59 Å².